The fourth-order valence-corrected chi connectivity index (χ4v) is 3.05. The molecule has 2 N–H and O–H groups in total. The Labute approximate surface area is 111 Å². The summed E-state index contributed by atoms with van der Waals surface area (Å²) in [6.45, 7) is 4.98. The van der Waals surface area contributed by atoms with Crippen molar-refractivity contribution < 1.29 is 5.11 Å². The van der Waals surface area contributed by atoms with Gasteiger partial charge in [0, 0.05) is 18.7 Å². The molecule has 5 heteroatoms. The predicted molar refractivity (Wildman–Crippen MR) is 74.5 cm³/mol. The minimum atomic E-state index is -0.0939. The summed E-state index contributed by atoms with van der Waals surface area (Å²) < 4.78 is 1.74. The van der Waals surface area contributed by atoms with Crippen LogP contribution in [0.3, 0.4) is 0 Å². The van der Waals surface area contributed by atoms with Crippen molar-refractivity contribution in [1.29, 1.82) is 0 Å². The van der Waals surface area contributed by atoms with Gasteiger partial charge in [0.2, 0.25) is 0 Å². The standard InChI is InChI=1S/C14H19N3O2/c1-2-16-7-3-4-10(16)9-17-13-8-11(18)5-6-12(13)15-14(17)19/h5-6,8,10,18H,2-4,7,9H2,1H3,(H,15,19). The molecule has 1 saturated heterocycles. The second-order valence-electron chi connectivity index (χ2n) is 5.17. The molecule has 1 aromatic heterocycles. The molecule has 2 heterocycles. The number of hydrogen-bond donors (Lipinski definition) is 2. The number of aromatic hydroxyl groups is 1. The van der Waals surface area contributed by atoms with Crippen molar-refractivity contribution in [2.45, 2.75) is 32.4 Å². The lowest BCUT2D eigenvalue weighted by Gasteiger charge is -2.22. The number of nitrogens with one attached hydrogen (secondary N) is 1. The quantitative estimate of drug-likeness (QED) is 0.880. The summed E-state index contributed by atoms with van der Waals surface area (Å²) in [7, 11) is 0. The fourth-order valence-electron chi connectivity index (χ4n) is 3.05. The van der Waals surface area contributed by atoms with Crippen LogP contribution in [0.1, 0.15) is 19.8 Å². The first kappa shape index (κ1) is 12.3. The van der Waals surface area contributed by atoms with Crippen LogP contribution in [-0.2, 0) is 6.54 Å². The van der Waals surface area contributed by atoms with Crippen molar-refractivity contribution in [3.63, 3.8) is 0 Å². The maximum absolute atomic E-state index is 12.0. The number of aromatic nitrogens is 2. The van der Waals surface area contributed by atoms with Crippen molar-refractivity contribution in [2.24, 2.45) is 0 Å². The summed E-state index contributed by atoms with van der Waals surface area (Å²) in [6.07, 6.45) is 2.33. The third kappa shape index (κ3) is 2.14. The smallest absolute Gasteiger partial charge is 0.326 e. The largest absolute Gasteiger partial charge is 0.508 e. The number of H-pyrrole nitrogens is 1. The molecule has 1 aromatic carbocycles. The van der Waals surface area contributed by atoms with Crippen LogP contribution in [0, 0.1) is 0 Å². The van der Waals surface area contributed by atoms with E-state index in [9.17, 15) is 9.90 Å². The molecule has 0 saturated carbocycles. The van der Waals surface area contributed by atoms with Crippen LogP contribution in [0.2, 0.25) is 0 Å². The molecule has 102 valence electrons. The SMILES string of the molecule is CCN1CCCC1Cn1c(=O)[nH]c2ccc(O)cc21. The first-order valence-corrected chi connectivity index (χ1v) is 6.84. The van der Waals surface area contributed by atoms with E-state index in [4.69, 9.17) is 0 Å². The molecule has 0 aliphatic carbocycles. The van der Waals surface area contributed by atoms with Gasteiger partial charge in [-0.2, -0.15) is 0 Å². The summed E-state index contributed by atoms with van der Waals surface area (Å²) in [6, 6.07) is 5.41. The van der Waals surface area contributed by atoms with Crippen LogP contribution < -0.4 is 5.69 Å². The van der Waals surface area contributed by atoms with E-state index in [1.165, 1.54) is 6.42 Å². The summed E-state index contributed by atoms with van der Waals surface area (Å²) in [5.74, 6) is 0.194. The zero-order valence-electron chi connectivity index (χ0n) is 11.1. The number of rotatable bonds is 3. The lowest BCUT2D eigenvalue weighted by atomic mass is 10.2. The van der Waals surface area contributed by atoms with Gasteiger partial charge in [-0.15, -0.1) is 0 Å². The van der Waals surface area contributed by atoms with Gasteiger partial charge < -0.3 is 10.1 Å². The van der Waals surface area contributed by atoms with E-state index in [1.807, 2.05) is 0 Å². The van der Waals surface area contributed by atoms with Crippen molar-refractivity contribution in [1.82, 2.24) is 14.5 Å². The lowest BCUT2D eigenvalue weighted by Crippen LogP contribution is -2.35. The molecule has 1 fully saturated rings. The maximum Gasteiger partial charge on any atom is 0.326 e. The number of phenolic OH excluding ortho intramolecular Hbond substituents is 1. The molecule has 1 aliphatic heterocycles. The Morgan fingerprint density at radius 3 is 3.11 bits per heavy atom. The Kier molecular flexibility index (Phi) is 3.06. The molecule has 1 unspecified atom stereocenters. The first-order chi connectivity index (χ1) is 9.19. The summed E-state index contributed by atoms with van der Waals surface area (Å²) in [4.78, 5) is 17.3. The van der Waals surface area contributed by atoms with Crippen LogP contribution in [0.25, 0.3) is 11.0 Å². The van der Waals surface area contributed by atoms with Crippen molar-refractivity contribution >= 4 is 11.0 Å². The molecule has 0 radical (unpaired) electrons. The Balaban J connectivity index is 1.98. The summed E-state index contributed by atoms with van der Waals surface area (Å²) in [5.41, 5.74) is 1.47. The van der Waals surface area contributed by atoms with Crippen LogP contribution in [0.15, 0.2) is 23.0 Å². The van der Waals surface area contributed by atoms with Crippen LogP contribution in [0.4, 0.5) is 0 Å². The first-order valence-electron chi connectivity index (χ1n) is 6.84. The van der Waals surface area contributed by atoms with Gasteiger partial charge in [-0.3, -0.25) is 9.47 Å². The van der Waals surface area contributed by atoms with Gasteiger partial charge in [-0.25, -0.2) is 4.79 Å². The number of nitrogens with zero attached hydrogens (tertiary/aromatic N) is 2. The number of fused-ring (bicyclic) bond motifs is 1. The Bertz CT molecular complexity index is 644. The number of likely N-dealkylation sites (tertiary alicyclic amines) is 1. The highest BCUT2D eigenvalue weighted by Gasteiger charge is 2.24. The van der Waals surface area contributed by atoms with Gasteiger partial charge in [-0.05, 0) is 38.1 Å². The highest BCUT2D eigenvalue weighted by molar-refractivity contribution is 5.76. The number of likely N-dealkylation sites (N-methyl/N-ethyl adjacent to an activating group) is 1. The predicted octanol–water partition coefficient (Wildman–Crippen LogP) is 1.52. The molecule has 5 nitrogen and oxygen atoms in total. The summed E-state index contributed by atoms with van der Waals surface area (Å²) in [5, 5.41) is 9.58. The second kappa shape index (κ2) is 4.74. The third-order valence-electron chi connectivity index (χ3n) is 4.06. The number of aromatic amines is 1. The minimum absolute atomic E-state index is 0.0939. The number of imidazole rings is 1. The van der Waals surface area contributed by atoms with Gasteiger partial charge in [0.15, 0.2) is 0 Å². The van der Waals surface area contributed by atoms with Gasteiger partial charge in [0.25, 0.3) is 0 Å². The average molecular weight is 261 g/mol. The molecular weight excluding hydrogens is 242 g/mol. The third-order valence-corrected chi connectivity index (χ3v) is 4.06. The number of hydrogen-bond acceptors (Lipinski definition) is 3. The van der Waals surface area contributed by atoms with Gasteiger partial charge in [0.1, 0.15) is 5.75 Å². The Morgan fingerprint density at radius 2 is 2.32 bits per heavy atom. The van der Waals surface area contributed by atoms with Crippen molar-refractivity contribution in [2.75, 3.05) is 13.1 Å². The average Bonchev–Trinajstić information content (AvgIpc) is 2.96. The molecule has 0 bridgehead atoms. The van der Waals surface area contributed by atoms with Crippen molar-refractivity contribution in [3.05, 3.63) is 28.7 Å². The number of benzene rings is 1. The van der Waals surface area contributed by atoms with E-state index in [0.717, 1.165) is 30.5 Å². The van der Waals surface area contributed by atoms with Crippen LogP contribution in [0.5, 0.6) is 5.75 Å². The Morgan fingerprint density at radius 1 is 1.47 bits per heavy atom. The lowest BCUT2D eigenvalue weighted by molar-refractivity contribution is 0.244. The zero-order valence-corrected chi connectivity index (χ0v) is 11.1. The van der Waals surface area contributed by atoms with Gasteiger partial charge in [0.05, 0.1) is 11.0 Å². The monoisotopic (exact) mass is 261 g/mol. The molecular formula is C14H19N3O2. The minimum Gasteiger partial charge on any atom is -0.508 e. The van der Waals surface area contributed by atoms with Crippen LogP contribution >= 0.6 is 0 Å². The molecule has 1 aliphatic rings. The van der Waals surface area contributed by atoms with E-state index in [-0.39, 0.29) is 11.4 Å². The van der Waals surface area contributed by atoms with E-state index >= 15 is 0 Å². The topological polar surface area (TPSA) is 61.3 Å². The van der Waals surface area contributed by atoms with Crippen LogP contribution in [-0.4, -0.2) is 38.7 Å². The van der Waals surface area contributed by atoms with Gasteiger partial charge >= 0.3 is 5.69 Å². The molecule has 1 atom stereocenters. The molecule has 19 heavy (non-hydrogen) atoms. The highest BCUT2D eigenvalue weighted by atomic mass is 16.3. The highest BCUT2D eigenvalue weighted by Crippen LogP contribution is 2.21. The van der Waals surface area contributed by atoms with E-state index in [1.54, 1.807) is 22.8 Å². The molecule has 0 spiro atoms. The second-order valence-corrected chi connectivity index (χ2v) is 5.17. The summed E-state index contributed by atoms with van der Waals surface area (Å²) >= 11 is 0. The molecule has 2 aromatic rings. The molecule has 3 rings (SSSR count). The normalized spacial score (nSPS) is 20.4. The fraction of sp³-hybridized carbons (Fsp3) is 0.500. The Hall–Kier alpha value is -1.75. The van der Waals surface area contributed by atoms with E-state index in [0.29, 0.717) is 12.6 Å². The van der Waals surface area contributed by atoms with E-state index < -0.39 is 0 Å². The molecule has 0 amide bonds. The zero-order chi connectivity index (χ0) is 13.4. The van der Waals surface area contributed by atoms with Crippen molar-refractivity contribution in [3.8, 4) is 5.75 Å². The maximum atomic E-state index is 12.0. The van der Waals surface area contributed by atoms with Gasteiger partial charge in [-0.1, -0.05) is 6.92 Å². The van der Waals surface area contributed by atoms with E-state index in [2.05, 4.69) is 16.8 Å². The number of phenols is 1.